The van der Waals surface area contributed by atoms with Crippen molar-refractivity contribution in [1.82, 2.24) is 19.4 Å². The van der Waals surface area contributed by atoms with E-state index in [9.17, 15) is 20.1 Å². The van der Waals surface area contributed by atoms with Crippen molar-refractivity contribution >= 4 is 28.1 Å². The molecule has 0 atom stereocenters. The number of aliphatic hydroxyl groups is 3. The maximum absolute atomic E-state index is 11.5. The van der Waals surface area contributed by atoms with E-state index in [2.05, 4.69) is 44.3 Å². The van der Waals surface area contributed by atoms with Gasteiger partial charge in [0.2, 0.25) is 0 Å². The third-order valence-electron chi connectivity index (χ3n) is 6.39. The van der Waals surface area contributed by atoms with Gasteiger partial charge in [0.1, 0.15) is 11.5 Å². The van der Waals surface area contributed by atoms with E-state index in [1.807, 2.05) is 43.5 Å². The predicted molar refractivity (Wildman–Crippen MR) is 147 cm³/mol. The zero-order valence-corrected chi connectivity index (χ0v) is 20.7. The number of aliphatic imine (C=N–C) groups is 1. The van der Waals surface area contributed by atoms with Gasteiger partial charge < -0.3 is 20.2 Å². The largest absolute Gasteiger partial charge is 0.339 e. The van der Waals surface area contributed by atoms with Crippen LogP contribution in [0.25, 0.3) is 27.8 Å². The van der Waals surface area contributed by atoms with Crippen molar-refractivity contribution in [2.75, 3.05) is 4.90 Å². The highest BCUT2D eigenvalue weighted by atomic mass is 16.7. The number of hydrogen-bond donors (Lipinski definition) is 3. The Morgan fingerprint density at radius 2 is 1.69 bits per heavy atom. The zero-order valence-electron chi connectivity index (χ0n) is 20.7. The van der Waals surface area contributed by atoms with Gasteiger partial charge in [-0.1, -0.05) is 24.3 Å². The molecule has 0 amide bonds. The molecule has 0 fully saturated rings. The lowest BCUT2D eigenvalue weighted by Crippen LogP contribution is -2.32. The molecule has 2 aliphatic heterocycles. The molecule has 0 bridgehead atoms. The Bertz CT molecular complexity index is 1900. The molecule has 0 radical (unpaired) electrons. The first-order valence-corrected chi connectivity index (χ1v) is 12.1. The number of pyridine rings is 3. The minimum absolute atomic E-state index is 0.189. The van der Waals surface area contributed by atoms with Crippen LogP contribution < -0.4 is 10.5 Å². The summed E-state index contributed by atoms with van der Waals surface area (Å²) in [5, 5.41) is 28.4. The second-order valence-corrected chi connectivity index (χ2v) is 8.81. The summed E-state index contributed by atoms with van der Waals surface area (Å²) in [6, 6.07) is 18.2. The van der Waals surface area contributed by atoms with Crippen molar-refractivity contribution in [2.24, 2.45) is 4.99 Å². The molecule has 0 spiro atoms. The van der Waals surface area contributed by atoms with Crippen LogP contribution in [-0.2, 0) is 5.97 Å². The molecule has 1 aromatic carbocycles. The summed E-state index contributed by atoms with van der Waals surface area (Å²) < 4.78 is 1.23. The smallest absolute Gasteiger partial charge is 0.320 e. The molecule has 4 aromatic heterocycles. The standard InChI is InChI=1S/C17H13N3.C12H9N3O4/c1-2-12-9-11-20-15-8-4-3-6-13(15)16-14(17(20)19-12)7-5-10-18-16;16-10-6-9(12(17,18)19)15-5-3-8-7(11(15)14-10)2-1-4-13-8/h2-11H,1H3;1-6,17-19H/b12-2+;. The number of anilines is 1. The lowest BCUT2D eigenvalue weighted by atomic mass is 9.97. The zero-order chi connectivity index (χ0) is 27.1. The van der Waals surface area contributed by atoms with Crippen molar-refractivity contribution in [3.8, 4) is 11.3 Å². The molecule has 6 heterocycles. The van der Waals surface area contributed by atoms with Crippen molar-refractivity contribution < 1.29 is 15.3 Å². The third kappa shape index (κ3) is 4.28. The first-order chi connectivity index (χ1) is 18.8. The van der Waals surface area contributed by atoms with Gasteiger partial charge in [0.15, 0.2) is 5.65 Å². The summed E-state index contributed by atoms with van der Waals surface area (Å²) in [6.07, 6.45) is 11.0. The van der Waals surface area contributed by atoms with E-state index in [-0.39, 0.29) is 11.3 Å². The Balaban J connectivity index is 0.000000142. The molecule has 0 aliphatic carbocycles. The fraction of sp³-hybridized carbons (Fsp3) is 0.0690. The van der Waals surface area contributed by atoms with Crippen LogP contribution in [0.1, 0.15) is 18.2 Å². The minimum Gasteiger partial charge on any atom is -0.339 e. The van der Waals surface area contributed by atoms with E-state index < -0.39 is 11.5 Å². The Morgan fingerprint density at radius 3 is 2.51 bits per heavy atom. The summed E-state index contributed by atoms with van der Waals surface area (Å²) >= 11 is 0. The van der Waals surface area contributed by atoms with Crippen LogP contribution in [0.15, 0.2) is 113 Å². The number of benzene rings is 1. The van der Waals surface area contributed by atoms with Crippen LogP contribution in [0.4, 0.5) is 5.69 Å². The van der Waals surface area contributed by atoms with Gasteiger partial charge in [-0.05, 0) is 49.4 Å². The number of para-hydroxylation sites is 1. The molecule has 5 aromatic rings. The molecule has 0 saturated carbocycles. The summed E-state index contributed by atoms with van der Waals surface area (Å²) in [4.78, 5) is 30.9. The molecule has 0 saturated heterocycles. The Labute approximate surface area is 221 Å². The van der Waals surface area contributed by atoms with E-state index >= 15 is 0 Å². The van der Waals surface area contributed by atoms with Gasteiger partial charge in [-0.25, -0.2) is 4.99 Å². The second kappa shape index (κ2) is 9.37. The van der Waals surface area contributed by atoms with Crippen LogP contribution in [0.5, 0.6) is 0 Å². The quantitative estimate of drug-likeness (QED) is 0.228. The normalized spacial score (nSPS) is 14.8. The molecule has 192 valence electrons. The highest BCUT2D eigenvalue weighted by Gasteiger charge is 2.29. The van der Waals surface area contributed by atoms with E-state index in [0.717, 1.165) is 40.1 Å². The van der Waals surface area contributed by atoms with Gasteiger partial charge in [-0.15, -0.1) is 0 Å². The summed E-state index contributed by atoms with van der Waals surface area (Å²) in [6.45, 7) is 2.00. The predicted octanol–water partition coefficient (Wildman–Crippen LogP) is 3.08. The van der Waals surface area contributed by atoms with Gasteiger partial charge in [0, 0.05) is 47.4 Å². The first kappa shape index (κ1) is 24.3. The maximum atomic E-state index is 11.5. The van der Waals surface area contributed by atoms with Gasteiger partial charge >= 0.3 is 5.97 Å². The Morgan fingerprint density at radius 1 is 0.923 bits per heavy atom. The number of rotatable bonds is 1. The molecule has 3 N–H and O–H groups in total. The van der Waals surface area contributed by atoms with E-state index in [4.69, 9.17) is 4.99 Å². The lowest BCUT2D eigenvalue weighted by Gasteiger charge is -2.32. The van der Waals surface area contributed by atoms with E-state index in [1.165, 1.54) is 10.6 Å². The van der Waals surface area contributed by atoms with Gasteiger partial charge in [-0.3, -0.25) is 19.2 Å². The van der Waals surface area contributed by atoms with Crippen molar-refractivity contribution in [1.29, 1.82) is 0 Å². The van der Waals surface area contributed by atoms with Crippen LogP contribution in [0.3, 0.4) is 0 Å². The van der Waals surface area contributed by atoms with Crippen LogP contribution in [0.2, 0.25) is 0 Å². The molecule has 10 nitrogen and oxygen atoms in total. The number of aromatic nitrogens is 4. The molecule has 0 unspecified atom stereocenters. The number of hydrogen-bond acceptors (Lipinski definition) is 9. The fourth-order valence-electron chi connectivity index (χ4n) is 4.64. The first-order valence-electron chi connectivity index (χ1n) is 12.1. The third-order valence-corrected chi connectivity index (χ3v) is 6.39. The summed E-state index contributed by atoms with van der Waals surface area (Å²) in [5.41, 5.74) is 5.06. The summed E-state index contributed by atoms with van der Waals surface area (Å²) in [5.74, 6) is -2.18. The average Bonchev–Trinajstić information content (AvgIpc) is 2.96. The Kier molecular flexibility index (Phi) is 5.84. The molecular formula is C29H22N6O4. The SMILES string of the molecule is C/C=C1\C=CN2C(=N1)c1cccnc1-c1ccccc12.O=c1cc(C(O)(O)O)n2ccc3ncccc3c2n1. The summed E-state index contributed by atoms with van der Waals surface area (Å²) in [7, 11) is 0. The lowest BCUT2D eigenvalue weighted by molar-refractivity contribution is -0.326. The maximum Gasteiger partial charge on any atom is 0.320 e. The average molecular weight is 519 g/mol. The highest BCUT2D eigenvalue weighted by molar-refractivity contribution is 6.20. The van der Waals surface area contributed by atoms with Gasteiger partial charge in [0.05, 0.1) is 22.6 Å². The van der Waals surface area contributed by atoms with Gasteiger partial charge in [-0.2, -0.15) is 4.98 Å². The van der Waals surface area contributed by atoms with Gasteiger partial charge in [0.25, 0.3) is 5.56 Å². The molecular weight excluding hydrogens is 496 g/mol. The van der Waals surface area contributed by atoms with Crippen molar-refractivity contribution in [3.05, 3.63) is 125 Å². The molecule has 7 rings (SSSR count). The van der Waals surface area contributed by atoms with Crippen molar-refractivity contribution in [2.45, 2.75) is 12.9 Å². The number of allylic oxidation sites excluding steroid dienone is 2. The molecule has 39 heavy (non-hydrogen) atoms. The monoisotopic (exact) mass is 518 g/mol. The topological polar surface area (TPSA) is 136 Å². The Hall–Kier alpha value is -5.03. The van der Waals surface area contributed by atoms with Crippen molar-refractivity contribution in [3.63, 3.8) is 0 Å². The second-order valence-electron chi connectivity index (χ2n) is 8.81. The van der Waals surface area contributed by atoms with Crippen LogP contribution in [0, 0.1) is 0 Å². The van der Waals surface area contributed by atoms with Crippen LogP contribution in [-0.4, -0.2) is 40.5 Å². The van der Waals surface area contributed by atoms with E-state index in [1.54, 1.807) is 24.4 Å². The van der Waals surface area contributed by atoms with Crippen LogP contribution >= 0.6 is 0 Å². The highest BCUT2D eigenvalue weighted by Crippen LogP contribution is 2.39. The number of fused-ring (bicyclic) bond motifs is 9. The number of amidine groups is 1. The minimum atomic E-state index is -3.12. The van der Waals surface area contributed by atoms with E-state index in [0.29, 0.717) is 10.9 Å². The molecule has 10 heteroatoms. The fourth-order valence-corrected chi connectivity index (χ4v) is 4.64. The molecule has 2 aliphatic rings. The number of nitrogens with zero attached hydrogens (tertiary/aromatic N) is 6.